The molecule has 0 fully saturated rings. The molecule has 0 bridgehead atoms. The van der Waals surface area contributed by atoms with Gasteiger partial charge in [0.2, 0.25) is 0 Å². The SMILES string of the molecule is COc1ccc(Cc2nc3ccc(C(=O)NCCCOC(C)C)cc3o2)cc1. The Morgan fingerprint density at radius 1 is 1.18 bits per heavy atom. The molecule has 0 spiro atoms. The quantitative estimate of drug-likeness (QED) is 0.567. The summed E-state index contributed by atoms with van der Waals surface area (Å²) in [5.74, 6) is 1.30. The molecule has 1 N–H and O–H groups in total. The van der Waals surface area contributed by atoms with Crippen molar-refractivity contribution in [3.05, 3.63) is 59.5 Å². The van der Waals surface area contributed by atoms with Crippen molar-refractivity contribution in [3.63, 3.8) is 0 Å². The highest BCUT2D eigenvalue weighted by atomic mass is 16.5. The monoisotopic (exact) mass is 382 g/mol. The van der Waals surface area contributed by atoms with Gasteiger partial charge >= 0.3 is 0 Å². The third-order valence-electron chi connectivity index (χ3n) is 4.27. The van der Waals surface area contributed by atoms with E-state index in [-0.39, 0.29) is 12.0 Å². The third kappa shape index (κ3) is 5.33. The zero-order valence-corrected chi connectivity index (χ0v) is 16.5. The minimum Gasteiger partial charge on any atom is -0.497 e. The zero-order chi connectivity index (χ0) is 19.9. The summed E-state index contributed by atoms with van der Waals surface area (Å²) >= 11 is 0. The first-order valence-electron chi connectivity index (χ1n) is 9.47. The van der Waals surface area contributed by atoms with Crippen LogP contribution < -0.4 is 10.1 Å². The first kappa shape index (κ1) is 19.9. The zero-order valence-electron chi connectivity index (χ0n) is 16.5. The lowest BCUT2D eigenvalue weighted by molar-refractivity contribution is 0.0757. The van der Waals surface area contributed by atoms with Crippen LogP contribution in [0.5, 0.6) is 5.75 Å². The number of benzene rings is 2. The van der Waals surface area contributed by atoms with Crippen molar-refractivity contribution in [2.45, 2.75) is 32.8 Å². The van der Waals surface area contributed by atoms with Gasteiger partial charge in [-0.15, -0.1) is 0 Å². The predicted octanol–water partition coefficient (Wildman–Crippen LogP) is 3.97. The second kappa shape index (κ2) is 9.37. The molecule has 1 aromatic heterocycles. The molecule has 0 aliphatic rings. The number of fused-ring (bicyclic) bond motifs is 1. The van der Waals surface area contributed by atoms with Crippen LogP contribution in [0.1, 0.15) is 42.1 Å². The summed E-state index contributed by atoms with van der Waals surface area (Å²) in [7, 11) is 1.64. The number of nitrogens with zero attached hydrogens (tertiary/aromatic N) is 1. The summed E-state index contributed by atoms with van der Waals surface area (Å²) in [6.07, 6.45) is 1.56. The summed E-state index contributed by atoms with van der Waals surface area (Å²) in [6.45, 7) is 5.19. The van der Waals surface area contributed by atoms with Gasteiger partial charge in [-0.05, 0) is 56.2 Å². The Hall–Kier alpha value is -2.86. The standard InChI is InChI=1S/C22H26N2O4/c1-15(2)27-12-4-11-23-22(25)17-7-10-19-20(14-17)28-21(24-19)13-16-5-8-18(26-3)9-6-16/h5-10,14-15H,4,11-13H2,1-3H3,(H,23,25). The number of oxazole rings is 1. The van der Waals surface area contributed by atoms with Gasteiger partial charge in [-0.1, -0.05) is 12.1 Å². The van der Waals surface area contributed by atoms with E-state index in [1.807, 2.05) is 44.2 Å². The minimum atomic E-state index is -0.125. The molecule has 1 heterocycles. The number of rotatable bonds is 9. The van der Waals surface area contributed by atoms with Crippen molar-refractivity contribution >= 4 is 17.0 Å². The van der Waals surface area contributed by atoms with Crippen LogP contribution in [-0.4, -0.2) is 37.3 Å². The number of hydrogen-bond acceptors (Lipinski definition) is 5. The van der Waals surface area contributed by atoms with E-state index in [1.54, 1.807) is 19.2 Å². The highest BCUT2D eigenvalue weighted by Crippen LogP contribution is 2.20. The van der Waals surface area contributed by atoms with Crippen molar-refractivity contribution in [3.8, 4) is 5.75 Å². The highest BCUT2D eigenvalue weighted by Gasteiger charge is 2.11. The van der Waals surface area contributed by atoms with Crippen LogP contribution in [0.2, 0.25) is 0 Å². The molecule has 0 aliphatic heterocycles. The first-order chi connectivity index (χ1) is 13.5. The van der Waals surface area contributed by atoms with Crippen LogP contribution in [0.3, 0.4) is 0 Å². The number of aromatic nitrogens is 1. The van der Waals surface area contributed by atoms with E-state index in [2.05, 4.69) is 10.3 Å². The number of ether oxygens (including phenoxy) is 2. The molecule has 28 heavy (non-hydrogen) atoms. The van der Waals surface area contributed by atoms with Gasteiger partial charge in [-0.3, -0.25) is 4.79 Å². The normalized spacial score (nSPS) is 11.1. The van der Waals surface area contributed by atoms with E-state index < -0.39 is 0 Å². The van der Waals surface area contributed by atoms with E-state index in [1.165, 1.54) is 0 Å². The molecule has 0 saturated carbocycles. The molecule has 0 atom stereocenters. The summed E-state index contributed by atoms with van der Waals surface area (Å²) in [5.41, 5.74) is 2.99. The second-order valence-corrected chi connectivity index (χ2v) is 6.84. The molecule has 0 radical (unpaired) electrons. The average molecular weight is 382 g/mol. The fraction of sp³-hybridized carbons (Fsp3) is 0.364. The van der Waals surface area contributed by atoms with Crippen molar-refractivity contribution in [1.82, 2.24) is 10.3 Å². The summed E-state index contributed by atoms with van der Waals surface area (Å²) in [6, 6.07) is 13.1. The van der Waals surface area contributed by atoms with Crippen LogP contribution in [0.4, 0.5) is 0 Å². The predicted molar refractivity (Wildman–Crippen MR) is 108 cm³/mol. The van der Waals surface area contributed by atoms with E-state index >= 15 is 0 Å². The Morgan fingerprint density at radius 3 is 2.68 bits per heavy atom. The van der Waals surface area contributed by atoms with E-state index in [0.29, 0.717) is 36.6 Å². The summed E-state index contributed by atoms with van der Waals surface area (Å²) < 4.78 is 16.5. The van der Waals surface area contributed by atoms with Gasteiger partial charge in [0, 0.05) is 25.1 Å². The average Bonchev–Trinajstić information content (AvgIpc) is 3.09. The van der Waals surface area contributed by atoms with Gasteiger partial charge < -0.3 is 19.2 Å². The molecule has 3 rings (SSSR count). The minimum absolute atomic E-state index is 0.125. The molecule has 148 valence electrons. The lowest BCUT2D eigenvalue weighted by Crippen LogP contribution is -2.25. The number of hydrogen-bond donors (Lipinski definition) is 1. The maximum absolute atomic E-state index is 12.3. The molecule has 3 aromatic rings. The lowest BCUT2D eigenvalue weighted by atomic mass is 10.1. The van der Waals surface area contributed by atoms with Crippen molar-refractivity contribution < 1.29 is 18.7 Å². The Labute approximate surface area is 164 Å². The van der Waals surface area contributed by atoms with Crippen LogP contribution in [0, 0.1) is 0 Å². The molecule has 0 unspecified atom stereocenters. The van der Waals surface area contributed by atoms with Crippen molar-refractivity contribution in [2.75, 3.05) is 20.3 Å². The number of nitrogens with one attached hydrogen (secondary N) is 1. The van der Waals surface area contributed by atoms with Crippen LogP contribution in [0.15, 0.2) is 46.9 Å². The molecule has 6 nitrogen and oxygen atoms in total. The smallest absolute Gasteiger partial charge is 0.251 e. The molecule has 0 saturated heterocycles. The summed E-state index contributed by atoms with van der Waals surface area (Å²) in [5, 5.41) is 2.90. The Kier molecular flexibility index (Phi) is 6.66. The molecule has 6 heteroatoms. The van der Waals surface area contributed by atoms with Crippen molar-refractivity contribution in [2.24, 2.45) is 0 Å². The van der Waals surface area contributed by atoms with Crippen LogP contribution in [-0.2, 0) is 11.2 Å². The molecule has 1 amide bonds. The first-order valence-corrected chi connectivity index (χ1v) is 9.47. The van der Waals surface area contributed by atoms with Gasteiger partial charge in [-0.2, -0.15) is 0 Å². The van der Waals surface area contributed by atoms with E-state index in [9.17, 15) is 4.79 Å². The highest BCUT2D eigenvalue weighted by molar-refractivity contribution is 5.97. The second-order valence-electron chi connectivity index (χ2n) is 6.84. The number of carbonyl (C=O) groups is 1. The molecular weight excluding hydrogens is 356 g/mol. The maximum atomic E-state index is 12.3. The molecule has 2 aromatic carbocycles. The fourth-order valence-electron chi connectivity index (χ4n) is 2.80. The maximum Gasteiger partial charge on any atom is 0.251 e. The van der Waals surface area contributed by atoms with Crippen molar-refractivity contribution in [1.29, 1.82) is 0 Å². The Balaban J connectivity index is 1.60. The van der Waals surface area contributed by atoms with Crippen LogP contribution in [0.25, 0.3) is 11.1 Å². The number of amides is 1. The Morgan fingerprint density at radius 2 is 1.96 bits per heavy atom. The third-order valence-corrected chi connectivity index (χ3v) is 4.27. The van der Waals surface area contributed by atoms with Gasteiger partial charge in [-0.25, -0.2) is 4.98 Å². The number of methoxy groups -OCH3 is 1. The largest absolute Gasteiger partial charge is 0.497 e. The number of carbonyl (C=O) groups excluding carboxylic acids is 1. The topological polar surface area (TPSA) is 73.6 Å². The van der Waals surface area contributed by atoms with Gasteiger partial charge in [0.1, 0.15) is 11.3 Å². The molecular formula is C22H26N2O4. The Bertz CT molecular complexity index is 916. The summed E-state index contributed by atoms with van der Waals surface area (Å²) in [4.78, 5) is 16.8. The van der Waals surface area contributed by atoms with Gasteiger partial charge in [0.25, 0.3) is 5.91 Å². The van der Waals surface area contributed by atoms with E-state index in [4.69, 9.17) is 13.9 Å². The van der Waals surface area contributed by atoms with Gasteiger partial charge in [0.05, 0.1) is 13.2 Å². The van der Waals surface area contributed by atoms with Gasteiger partial charge in [0.15, 0.2) is 11.5 Å². The lowest BCUT2D eigenvalue weighted by Gasteiger charge is -2.08. The fourth-order valence-corrected chi connectivity index (χ4v) is 2.80. The van der Waals surface area contributed by atoms with E-state index in [0.717, 1.165) is 23.3 Å². The van der Waals surface area contributed by atoms with Crippen LogP contribution >= 0.6 is 0 Å². The molecule has 0 aliphatic carbocycles.